The minimum Gasteiger partial charge on any atom is -0.385 e. The third kappa shape index (κ3) is 1.93. The Morgan fingerprint density at radius 2 is 2.00 bits per heavy atom. The quantitative estimate of drug-likeness (QED) is 0.739. The van der Waals surface area contributed by atoms with E-state index in [9.17, 15) is 5.11 Å². The zero-order valence-electron chi connectivity index (χ0n) is 8.33. The molecule has 2 atom stereocenters. The van der Waals surface area contributed by atoms with Crippen molar-refractivity contribution in [2.24, 2.45) is 5.73 Å². The van der Waals surface area contributed by atoms with Crippen LogP contribution in [0.15, 0.2) is 24.5 Å². The van der Waals surface area contributed by atoms with Gasteiger partial charge in [-0.3, -0.25) is 4.98 Å². The van der Waals surface area contributed by atoms with Gasteiger partial charge in [-0.1, -0.05) is 0 Å². The van der Waals surface area contributed by atoms with Crippen LogP contribution in [-0.4, -0.2) is 26.1 Å². The van der Waals surface area contributed by atoms with Crippen molar-refractivity contribution in [2.45, 2.75) is 19.1 Å². The molecule has 0 saturated carbocycles. The Balaban J connectivity index is 2.47. The highest BCUT2D eigenvalue weighted by molar-refractivity contribution is 5.68. The van der Waals surface area contributed by atoms with E-state index in [1.54, 1.807) is 31.5 Å². The number of fused-ring (bicyclic) bond motifs is 1. The summed E-state index contributed by atoms with van der Waals surface area (Å²) in [4.78, 5) is 12.3. The van der Waals surface area contributed by atoms with E-state index in [4.69, 9.17) is 5.73 Å². The van der Waals surface area contributed by atoms with Gasteiger partial charge in [-0.05, 0) is 19.1 Å². The zero-order chi connectivity index (χ0) is 10.8. The molecule has 2 heterocycles. The SMILES string of the molecule is CC(N)C(O)c1ccc2nccnc2n1. The monoisotopic (exact) mass is 204 g/mol. The van der Waals surface area contributed by atoms with E-state index in [2.05, 4.69) is 15.0 Å². The van der Waals surface area contributed by atoms with Crippen LogP contribution in [0, 0.1) is 0 Å². The molecule has 0 aromatic carbocycles. The second-order valence-corrected chi connectivity index (χ2v) is 3.44. The Morgan fingerprint density at radius 3 is 2.73 bits per heavy atom. The molecule has 15 heavy (non-hydrogen) atoms. The van der Waals surface area contributed by atoms with Crippen LogP contribution >= 0.6 is 0 Å². The summed E-state index contributed by atoms with van der Waals surface area (Å²) in [5.74, 6) is 0. The third-order valence-electron chi connectivity index (χ3n) is 2.15. The van der Waals surface area contributed by atoms with Crippen molar-refractivity contribution in [2.75, 3.05) is 0 Å². The Bertz CT molecular complexity index is 472. The number of hydrogen-bond donors (Lipinski definition) is 2. The van der Waals surface area contributed by atoms with E-state index in [-0.39, 0.29) is 6.04 Å². The fourth-order valence-electron chi connectivity index (χ4n) is 1.30. The van der Waals surface area contributed by atoms with Gasteiger partial charge in [-0.15, -0.1) is 0 Å². The summed E-state index contributed by atoms with van der Waals surface area (Å²) in [6, 6.07) is 3.13. The summed E-state index contributed by atoms with van der Waals surface area (Å²) in [6.45, 7) is 1.73. The van der Waals surface area contributed by atoms with Crippen molar-refractivity contribution in [3.8, 4) is 0 Å². The van der Waals surface area contributed by atoms with Crippen molar-refractivity contribution >= 4 is 11.2 Å². The molecule has 0 bridgehead atoms. The maximum absolute atomic E-state index is 9.72. The molecular formula is C10H12N4O. The van der Waals surface area contributed by atoms with Gasteiger partial charge in [0.05, 0.1) is 5.69 Å². The lowest BCUT2D eigenvalue weighted by molar-refractivity contribution is 0.149. The van der Waals surface area contributed by atoms with Crippen molar-refractivity contribution in [3.63, 3.8) is 0 Å². The van der Waals surface area contributed by atoms with E-state index >= 15 is 0 Å². The second kappa shape index (κ2) is 3.88. The van der Waals surface area contributed by atoms with Crippen LogP contribution in [0.4, 0.5) is 0 Å². The first-order valence-electron chi connectivity index (χ1n) is 4.70. The van der Waals surface area contributed by atoms with Crippen LogP contribution in [0.3, 0.4) is 0 Å². The van der Waals surface area contributed by atoms with Crippen LogP contribution in [0.5, 0.6) is 0 Å². The molecule has 0 aliphatic rings. The zero-order valence-corrected chi connectivity index (χ0v) is 8.33. The van der Waals surface area contributed by atoms with Gasteiger partial charge in [0.2, 0.25) is 0 Å². The molecule has 0 amide bonds. The lowest BCUT2D eigenvalue weighted by Crippen LogP contribution is -2.25. The summed E-state index contributed by atoms with van der Waals surface area (Å²) in [5.41, 5.74) is 7.34. The second-order valence-electron chi connectivity index (χ2n) is 3.44. The predicted molar refractivity (Wildman–Crippen MR) is 55.9 cm³/mol. The van der Waals surface area contributed by atoms with Gasteiger partial charge in [0, 0.05) is 18.4 Å². The molecule has 0 aliphatic carbocycles. The smallest absolute Gasteiger partial charge is 0.178 e. The minimum atomic E-state index is -0.767. The van der Waals surface area contributed by atoms with Crippen molar-refractivity contribution in [1.82, 2.24) is 15.0 Å². The highest BCUT2D eigenvalue weighted by Gasteiger charge is 2.14. The van der Waals surface area contributed by atoms with Gasteiger partial charge >= 0.3 is 0 Å². The molecule has 2 aromatic heterocycles. The van der Waals surface area contributed by atoms with Crippen molar-refractivity contribution in [1.29, 1.82) is 0 Å². The number of hydrogen-bond acceptors (Lipinski definition) is 5. The van der Waals surface area contributed by atoms with Gasteiger partial charge in [0.1, 0.15) is 11.6 Å². The number of aromatic nitrogens is 3. The molecule has 0 saturated heterocycles. The molecule has 0 spiro atoms. The summed E-state index contributed by atoms with van der Waals surface area (Å²) >= 11 is 0. The molecule has 0 fully saturated rings. The lowest BCUT2D eigenvalue weighted by Gasteiger charge is -2.13. The van der Waals surface area contributed by atoms with Crippen LogP contribution < -0.4 is 5.73 Å². The number of pyridine rings is 1. The highest BCUT2D eigenvalue weighted by Crippen LogP contribution is 2.15. The first kappa shape index (κ1) is 9.95. The fraction of sp³-hybridized carbons (Fsp3) is 0.300. The van der Waals surface area contributed by atoms with Gasteiger partial charge in [0.15, 0.2) is 5.65 Å². The number of nitrogens with zero attached hydrogens (tertiary/aromatic N) is 3. The molecule has 3 N–H and O–H groups in total. The molecule has 78 valence electrons. The van der Waals surface area contributed by atoms with Crippen LogP contribution in [0.2, 0.25) is 0 Å². The molecule has 0 radical (unpaired) electrons. The van der Waals surface area contributed by atoms with E-state index in [0.29, 0.717) is 16.9 Å². The van der Waals surface area contributed by atoms with E-state index < -0.39 is 6.10 Å². The van der Waals surface area contributed by atoms with E-state index in [1.807, 2.05) is 0 Å². The summed E-state index contributed by atoms with van der Waals surface area (Å²) < 4.78 is 0. The minimum absolute atomic E-state index is 0.355. The summed E-state index contributed by atoms with van der Waals surface area (Å²) in [7, 11) is 0. The lowest BCUT2D eigenvalue weighted by atomic mass is 10.1. The first-order valence-corrected chi connectivity index (χ1v) is 4.70. The third-order valence-corrected chi connectivity index (χ3v) is 2.15. The largest absolute Gasteiger partial charge is 0.385 e. The topological polar surface area (TPSA) is 84.9 Å². The molecule has 0 aliphatic heterocycles. The molecule has 5 heteroatoms. The maximum atomic E-state index is 9.72. The number of nitrogens with two attached hydrogens (primary N) is 1. The number of rotatable bonds is 2. The van der Waals surface area contributed by atoms with Crippen LogP contribution in [0.1, 0.15) is 18.7 Å². The van der Waals surface area contributed by atoms with Crippen molar-refractivity contribution < 1.29 is 5.11 Å². The summed E-state index contributed by atoms with van der Waals surface area (Å²) in [6.07, 6.45) is 2.40. The van der Waals surface area contributed by atoms with Crippen LogP contribution in [0.25, 0.3) is 11.2 Å². The highest BCUT2D eigenvalue weighted by atomic mass is 16.3. The standard InChI is InChI=1S/C10H12N4O/c1-6(11)9(15)7-2-3-8-10(14-7)13-5-4-12-8/h2-6,9,15H,11H2,1H3. The average molecular weight is 204 g/mol. The first-order chi connectivity index (χ1) is 7.18. The molecule has 2 aromatic rings. The van der Waals surface area contributed by atoms with Gasteiger partial charge in [-0.25, -0.2) is 9.97 Å². The Morgan fingerprint density at radius 1 is 1.27 bits per heavy atom. The Kier molecular flexibility index (Phi) is 2.57. The van der Waals surface area contributed by atoms with E-state index in [1.165, 1.54) is 0 Å². The van der Waals surface area contributed by atoms with Crippen LogP contribution in [-0.2, 0) is 0 Å². The molecule has 2 unspecified atom stereocenters. The number of aliphatic hydroxyl groups is 1. The molecule has 5 nitrogen and oxygen atoms in total. The maximum Gasteiger partial charge on any atom is 0.178 e. The van der Waals surface area contributed by atoms with Gasteiger partial charge in [-0.2, -0.15) is 0 Å². The molecule has 2 rings (SSSR count). The van der Waals surface area contributed by atoms with Gasteiger partial charge < -0.3 is 10.8 Å². The average Bonchev–Trinajstić information content (AvgIpc) is 2.27. The fourth-order valence-corrected chi connectivity index (χ4v) is 1.30. The number of aliphatic hydroxyl groups excluding tert-OH is 1. The normalized spacial score (nSPS) is 15.1. The Labute approximate surface area is 87.0 Å². The Hall–Kier alpha value is -1.59. The molecular weight excluding hydrogens is 192 g/mol. The van der Waals surface area contributed by atoms with Crippen molar-refractivity contribution in [3.05, 3.63) is 30.2 Å². The predicted octanol–water partition coefficient (Wildman–Crippen LogP) is 0.405. The van der Waals surface area contributed by atoms with E-state index in [0.717, 1.165) is 0 Å². The summed E-state index contributed by atoms with van der Waals surface area (Å²) in [5, 5.41) is 9.72. The van der Waals surface area contributed by atoms with Gasteiger partial charge in [0.25, 0.3) is 0 Å².